The highest BCUT2D eigenvalue weighted by Crippen LogP contribution is 2.59. The molecule has 0 saturated heterocycles. The first-order valence-corrected chi connectivity index (χ1v) is 11.2. The number of rotatable bonds is 9. The monoisotopic (exact) mass is 445 g/mol. The van der Waals surface area contributed by atoms with Crippen LogP contribution in [0.25, 0.3) is 0 Å². The molecule has 2 saturated carbocycles. The van der Waals surface area contributed by atoms with Crippen LogP contribution in [0.15, 0.2) is 66.7 Å². The summed E-state index contributed by atoms with van der Waals surface area (Å²) in [6, 6.07) is 18.3. The van der Waals surface area contributed by atoms with Crippen molar-refractivity contribution in [1.29, 1.82) is 5.26 Å². The molecule has 2 aromatic carbocycles. The summed E-state index contributed by atoms with van der Waals surface area (Å²) in [6.45, 7) is 4.35. The van der Waals surface area contributed by atoms with Crippen molar-refractivity contribution in [2.45, 2.75) is 32.8 Å². The van der Waals surface area contributed by atoms with Gasteiger partial charge in [-0.05, 0) is 54.4 Å². The van der Waals surface area contributed by atoms with Crippen LogP contribution in [0.4, 0.5) is 0 Å². The number of nitrogens with zero attached hydrogens (tertiary/aromatic N) is 1. The summed E-state index contributed by atoms with van der Waals surface area (Å²) in [5, 5.41) is 9.65. The fraction of sp³-hybridized carbons (Fsp3) is 0.370. The van der Waals surface area contributed by atoms with Gasteiger partial charge in [-0.2, -0.15) is 5.26 Å². The van der Waals surface area contributed by atoms with Crippen molar-refractivity contribution in [2.24, 2.45) is 23.2 Å². The summed E-state index contributed by atoms with van der Waals surface area (Å²) < 4.78 is 16.6. The van der Waals surface area contributed by atoms with Gasteiger partial charge in [0.15, 0.2) is 0 Å². The van der Waals surface area contributed by atoms with Crippen LogP contribution < -0.4 is 4.74 Å². The van der Waals surface area contributed by atoms with Crippen molar-refractivity contribution >= 4 is 11.9 Å². The Bertz CT molecular complexity index is 1080. The third-order valence-electron chi connectivity index (χ3n) is 6.25. The number of carbonyl (C=O) groups excluding carboxylic acids is 2. The summed E-state index contributed by atoms with van der Waals surface area (Å²) in [5.41, 5.74) is 0.177. The van der Waals surface area contributed by atoms with Gasteiger partial charge in [0.1, 0.15) is 17.6 Å². The molecule has 0 radical (unpaired) electrons. The molecule has 4 rings (SSSR count). The molecular weight excluding hydrogens is 418 g/mol. The van der Waals surface area contributed by atoms with Gasteiger partial charge in [-0.25, -0.2) is 4.79 Å². The Morgan fingerprint density at radius 1 is 1.12 bits per heavy atom. The minimum atomic E-state index is -1.05. The average molecular weight is 446 g/mol. The van der Waals surface area contributed by atoms with E-state index in [0.29, 0.717) is 29.6 Å². The quantitative estimate of drug-likeness (QED) is 0.381. The number of hydrogen-bond acceptors (Lipinski definition) is 6. The van der Waals surface area contributed by atoms with Crippen molar-refractivity contribution in [3.8, 4) is 17.6 Å². The second kappa shape index (κ2) is 9.50. The molecule has 33 heavy (non-hydrogen) atoms. The second-order valence-electron chi connectivity index (χ2n) is 9.19. The van der Waals surface area contributed by atoms with Crippen molar-refractivity contribution in [1.82, 2.24) is 0 Å². The Balaban J connectivity index is 1.37. The lowest BCUT2D eigenvalue weighted by molar-refractivity contribution is -0.149. The fourth-order valence-electron chi connectivity index (χ4n) is 3.93. The van der Waals surface area contributed by atoms with Crippen LogP contribution in [0.1, 0.15) is 38.4 Å². The van der Waals surface area contributed by atoms with Crippen LogP contribution in [0.5, 0.6) is 11.5 Å². The number of hydrogen-bond donors (Lipinski definition) is 0. The number of nitriles is 1. The van der Waals surface area contributed by atoms with Gasteiger partial charge in [-0.15, -0.1) is 0 Å². The van der Waals surface area contributed by atoms with Gasteiger partial charge in [0.05, 0.1) is 12.5 Å². The van der Waals surface area contributed by atoms with E-state index in [0.717, 1.165) is 12.8 Å². The van der Waals surface area contributed by atoms with E-state index in [1.807, 2.05) is 44.2 Å². The van der Waals surface area contributed by atoms with E-state index in [1.165, 1.54) is 6.08 Å². The zero-order valence-corrected chi connectivity index (χ0v) is 18.8. The Morgan fingerprint density at radius 3 is 2.55 bits per heavy atom. The zero-order valence-electron chi connectivity index (χ0n) is 18.8. The molecule has 2 aromatic rings. The third-order valence-corrected chi connectivity index (χ3v) is 6.25. The van der Waals surface area contributed by atoms with Crippen LogP contribution >= 0.6 is 0 Å². The lowest BCUT2D eigenvalue weighted by atomic mass is 10.1. The van der Waals surface area contributed by atoms with Crippen molar-refractivity contribution in [2.75, 3.05) is 6.61 Å². The van der Waals surface area contributed by atoms with E-state index < -0.39 is 18.0 Å². The molecule has 0 aliphatic heterocycles. The molecule has 0 heterocycles. The van der Waals surface area contributed by atoms with Gasteiger partial charge in [0, 0.05) is 11.6 Å². The van der Waals surface area contributed by atoms with Crippen LogP contribution in [0, 0.1) is 34.5 Å². The van der Waals surface area contributed by atoms with Crippen LogP contribution in [-0.2, 0) is 19.1 Å². The summed E-state index contributed by atoms with van der Waals surface area (Å²) >= 11 is 0. The Morgan fingerprint density at radius 2 is 1.85 bits per heavy atom. The normalized spacial score (nSPS) is 21.6. The van der Waals surface area contributed by atoms with Crippen molar-refractivity contribution < 1.29 is 23.8 Å². The van der Waals surface area contributed by atoms with Gasteiger partial charge in [-0.1, -0.05) is 50.3 Å². The topological polar surface area (TPSA) is 85.6 Å². The number of para-hydroxylation sites is 1. The standard InChI is InChI=1S/C27H27NO5/c1-27(2)22(13-14-24(29)31-17-18-11-12-18)25(27)26(30)33-23(16-28)19-7-6-10-21(15-19)32-20-8-4-3-5-9-20/h3-10,13-15,18,22-23,25H,11-12,17H2,1-2H3/b14-13-/t22-,23+,25-/m0/s1. The maximum absolute atomic E-state index is 12.9. The maximum atomic E-state index is 12.9. The lowest BCUT2D eigenvalue weighted by Crippen LogP contribution is -2.14. The molecule has 2 fully saturated rings. The smallest absolute Gasteiger partial charge is 0.330 e. The molecule has 0 spiro atoms. The lowest BCUT2D eigenvalue weighted by Gasteiger charge is -2.13. The SMILES string of the molecule is CC1(C)[C@H](C(=O)O[C@H](C#N)c2cccc(Oc3ccccc3)c2)[C@@H]1/C=C\C(=O)OCC1CC1. The molecule has 6 nitrogen and oxygen atoms in total. The van der Waals surface area contributed by atoms with Gasteiger partial charge < -0.3 is 14.2 Å². The molecule has 0 N–H and O–H groups in total. The Kier molecular flexibility index (Phi) is 6.50. The fourth-order valence-corrected chi connectivity index (χ4v) is 3.93. The van der Waals surface area contributed by atoms with Crippen LogP contribution in [0.3, 0.4) is 0 Å². The highest BCUT2D eigenvalue weighted by molar-refractivity contribution is 5.83. The summed E-state index contributed by atoms with van der Waals surface area (Å²) in [4.78, 5) is 24.8. The first-order chi connectivity index (χ1) is 15.9. The van der Waals surface area contributed by atoms with Gasteiger partial charge >= 0.3 is 11.9 Å². The predicted octanol–water partition coefficient (Wildman–Crippen LogP) is 5.37. The first-order valence-electron chi connectivity index (χ1n) is 11.2. The summed E-state index contributed by atoms with van der Waals surface area (Å²) in [6.07, 6.45) is 4.29. The van der Waals surface area contributed by atoms with Crippen molar-refractivity contribution in [3.05, 3.63) is 72.3 Å². The average Bonchev–Trinajstić information content (AvgIpc) is 3.72. The number of ether oxygens (including phenoxy) is 3. The molecule has 0 bridgehead atoms. The number of benzene rings is 2. The summed E-state index contributed by atoms with van der Waals surface area (Å²) in [7, 11) is 0. The largest absolute Gasteiger partial charge is 0.462 e. The van der Waals surface area contributed by atoms with Crippen molar-refractivity contribution in [3.63, 3.8) is 0 Å². The second-order valence-corrected chi connectivity index (χ2v) is 9.19. The molecule has 6 heteroatoms. The van der Waals surface area contributed by atoms with Gasteiger partial charge in [0.25, 0.3) is 0 Å². The maximum Gasteiger partial charge on any atom is 0.330 e. The first kappa shape index (κ1) is 22.6. The number of allylic oxidation sites excluding steroid dienone is 1. The van der Waals surface area contributed by atoms with Crippen LogP contribution in [0.2, 0.25) is 0 Å². The van der Waals surface area contributed by atoms with E-state index in [-0.39, 0.29) is 17.3 Å². The predicted molar refractivity (Wildman–Crippen MR) is 121 cm³/mol. The highest BCUT2D eigenvalue weighted by atomic mass is 16.5. The Labute approximate surface area is 193 Å². The minimum absolute atomic E-state index is 0.148. The summed E-state index contributed by atoms with van der Waals surface area (Å²) in [5.74, 6) is 0.304. The van der Waals surface area contributed by atoms with Crippen LogP contribution in [-0.4, -0.2) is 18.5 Å². The van der Waals surface area contributed by atoms with E-state index in [1.54, 1.807) is 30.3 Å². The van der Waals surface area contributed by atoms with E-state index in [9.17, 15) is 14.9 Å². The molecule has 170 valence electrons. The molecular formula is C27H27NO5. The number of esters is 2. The molecule has 0 amide bonds. The zero-order chi connectivity index (χ0) is 23.4. The molecule has 2 aliphatic carbocycles. The third kappa shape index (κ3) is 5.61. The molecule has 3 atom stereocenters. The minimum Gasteiger partial charge on any atom is -0.462 e. The molecule has 0 unspecified atom stereocenters. The van der Waals surface area contributed by atoms with E-state index in [4.69, 9.17) is 14.2 Å². The van der Waals surface area contributed by atoms with Gasteiger partial charge in [0.2, 0.25) is 6.10 Å². The molecule has 0 aromatic heterocycles. The molecule has 2 aliphatic rings. The number of carbonyl (C=O) groups is 2. The van der Waals surface area contributed by atoms with E-state index >= 15 is 0 Å². The van der Waals surface area contributed by atoms with Gasteiger partial charge in [-0.3, -0.25) is 4.79 Å². The highest BCUT2D eigenvalue weighted by Gasteiger charge is 2.61. The van der Waals surface area contributed by atoms with E-state index in [2.05, 4.69) is 6.07 Å². The Hall–Kier alpha value is -3.59.